The van der Waals surface area contributed by atoms with Gasteiger partial charge in [-0.2, -0.15) is 0 Å². The Hall–Kier alpha value is -6.02. The number of carboxylic acid groups (broad SMARTS) is 1. The number of amides is 1. The third-order valence-corrected chi connectivity index (χ3v) is 7.89. The van der Waals surface area contributed by atoms with E-state index in [9.17, 15) is 14.7 Å². The molecule has 0 fully saturated rings. The standard InChI is InChI=1S/C40H32N2O5/c43-39(37-24-31(17-22-36(37)40(44)45)29-7-3-1-4-8-29)42-35-20-13-28(14-21-35)23-27-11-18-34(19-12-27)41-38-25-32(15-16-33(38)26-47-46)30-9-5-2-6-10-30/h1-22,24-25,41,46H,23,26H2,(H,42,43)(H,44,45). The number of anilines is 3. The van der Waals surface area contributed by atoms with Crippen molar-refractivity contribution in [2.45, 2.75) is 13.0 Å². The van der Waals surface area contributed by atoms with Crippen LogP contribution in [0.2, 0.25) is 0 Å². The van der Waals surface area contributed by atoms with E-state index in [0.717, 1.165) is 50.3 Å². The first-order chi connectivity index (χ1) is 23.0. The molecule has 0 heterocycles. The molecule has 7 nitrogen and oxygen atoms in total. The zero-order valence-corrected chi connectivity index (χ0v) is 25.4. The van der Waals surface area contributed by atoms with E-state index < -0.39 is 11.9 Å². The van der Waals surface area contributed by atoms with Crippen molar-refractivity contribution in [2.24, 2.45) is 0 Å². The van der Waals surface area contributed by atoms with Gasteiger partial charge < -0.3 is 15.7 Å². The topological polar surface area (TPSA) is 108 Å². The molecule has 6 aromatic carbocycles. The molecule has 4 N–H and O–H groups in total. The number of hydrogen-bond acceptors (Lipinski definition) is 5. The van der Waals surface area contributed by atoms with Crippen molar-refractivity contribution in [1.29, 1.82) is 0 Å². The van der Waals surface area contributed by atoms with E-state index in [1.54, 1.807) is 12.1 Å². The van der Waals surface area contributed by atoms with Gasteiger partial charge in [-0.1, -0.05) is 103 Å². The van der Waals surface area contributed by atoms with Crippen LogP contribution in [0.25, 0.3) is 22.3 Å². The van der Waals surface area contributed by atoms with Crippen molar-refractivity contribution in [2.75, 3.05) is 10.6 Å². The van der Waals surface area contributed by atoms with Crippen molar-refractivity contribution in [1.82, 2.24) is 0 Å². The molecule has 0 atom stereocenters. The Morgan fingerprint density at radius 1 is 0.574 bits per heavy atom. The van der Waals surface area contributed by atoms with Crippen molar-refractivity contribution in [3.8, 4) is 22.3 Å². The quantitative estimate of drug-likeness (QED) is 0.0849. The molecule has 1 amide bonds. The third-order valence-electron chi connectivity index (χ3n) is 7.89. The van der Waals surface area contributed by atoms with Gasteiger partial charge in [0.25, 0.3) is 5.91 Å². The molecular weight excluding hydrogens is 588 g/mol. The number of hydrogen-bond donors (Lipinski definition) is 4. The van der Waals surface area contributed by atoms with E-state index in [0.29, 0.717) is 12.1 Å². The minimum Gasteiger partial charge on any atom is -0.478 e. The number of aromatic carboxylic acids is 1. The molecule has 232 valence electrons. The van der Waals surface area contributed by atoms with Crippen LogP contribution in [-0.4, -0.2) is 22.2 Å². The SMILES string of the molecule is O=C(O)c1ccc(-c2ccccc2)cc1C(=O)Nc1ccc(Cc2ccc(Nc3cc(-c4ccccc4)ccc3COO)cc2)cc1. The first kappa shape index (κ1) is 31.0. The van der Waals surface area contributed by atoms with E-state index in [4.69, 9.17) is 5.26 Å². The lowest BCUT2D eigenvalue weighted by atomic mass is 9.98. The molecule has 6 rings (SSSR count). The molecule has 47 heavy (non-hydrogen) atoms. The van der Waals surface area contributed by atoms with E-state index in [1.807, 2.05) is 103 Å². The summed E-state index contributed by atoms with van der Waals surface area (Å²) in [6, 6.07) is 46.0. The molecule has 0 aromatic heterocycles. The molecule has 0 bridgehead atoms. The minimum atomic E-state index is -1.16. The highest BCUT2D eigenvalue weighted by Gasteiger charge is 2.18. The Balaban J connectivity index is 1.12. The Bertz CT molecular complexity index is 1990. The second-order valence-electron chi connectivity index (χ2n) is 11.1. The highest BCUT2D eigenvalue weighted by Crippen LogP contribution is 2.29. The van der Waals surface area contributed by atoms with Gasteiger partial charge in [0.1, 0.15) is 6.61 Å². The molecule has 0 unspecified atom stereocenters. The van der Waals surface area contributed by atoms with Gasteiger partial charge in [-0.3, -0.25) is 10.1 Å². The van der Waals surface area contributed by atoms with Crippen molar-refractivity contribution >= 4 is 28.9 Å². The van der Waals surface area contributed by atoms with Crippen LogP contribution in [-0.2, 0) is 17.9 Å². The average molecular weight is 621 g/mol. The number of carboxylic acids is 1. The second kappa shape index (κ2) is 14.4. The van der Waals surface area contributed by atoms with Crippen LogP contribution in [0.1, 0.15) is 37.4 Å². The predicted molar refractivity (Wildman–Crippen MR) is 185 cm³/mol. The Morgan fingerprint density at radius 2 is 1.13 bits per heavy atom. The summed E-state index contributed by atoms with van der Waals surface area (Å²) >= 11 is 0. The summed E-state index contributed by atoms with van der Waals surface area (Å²) in [5.41, 5.74) is 9.13. The second-order valence-corrected chi connectivity index (χ2v) is 11.1. The van der Waals surface area contributed by atoms with Gasteiger partial charge in [0.15, 0.2) is 0 Å². The molecule has 0 aliphatic rings. The van der Waals surface area contributed by atoms with Crippen molar-refractivity contribution < 1.29 is 24.8 Å². The minimum absolute atomic E-state index is 0.0569. The predicted octanol–water partition coefficient (Wildman–Crippen LogP) is 9.30. The zero-order chi connectivity index (χ0) is 32.6. The van der Waals surface area contributed by atoms with Gasteiger partial charge in [-0.25, -0.2) is 9.68 Å². The van der Waals surface area contributed by atoms with Gasteiger partial charge in [-0.05, 0) is 82.3 Å². The summed E-state index contributed by atoms with van der Waals surface area (Å²) in [6.07, 6.45) is 0.684. The fourth-order valence-electron chi connectivity index (χ4n) is 5.43. The van der Waals surface area contributed by atoms with Gasteiger partial charge in [0.05, 0.1) is 11.1 Å². The van der Waals surface area contributed by atoms with Crippen LogP contribution in [0.5, 0.6) is 0 Å². The fourth-order valence-corrected chi connectivity index (χ4v) is 5.43. The highest BCUT2D eigenvalue weighted by molar-refractivity contribution is 6.11. The number of carbonyl (C=O) groups is 2. The number of rotatable bonds is 11. The lowest BCUT2D eigenvalue weighted by molar-refractivity contribution is -0.252. The lowest BCUT2D eigenvalue weighted by Gasteiger charge is -2.14. The average Bonchev–Trinajstić information content (AvgIpc) is 3.11. The molecule has 0 saturated carbocycles. The summed E-state index contributed by atoms with van der Waals surface area (Å²) in [7, 11) is 0. The zero-order valence-electron chi connectivity index (χ0n) is 25.4. The molecule has 0 aliphatic heterocycles. The summed E-state index contributed by atoms with van der Waals surface area (Å²) < 4.78 is 0. The van der Waals surface area contributed by atoms with Crippen LogP contribution < -0.4 is 10.6 Å². The molecule has 0 radical (unpaired) electrons. The van der Waals surface area contributed by atoms with Crippen LogP contribution in [0.15, 0.2) is 146 Å². The first-order valence-electron chi connectivity index (χ1n) is 15.1. The Labute approximate surface area is 272 Å². The maximum atomic E-state index is 13.2. The van der Waals surface area contributed by atoms with Gasteiger partial charge in [0, 0.05) is 22.6 Å². The van der Waals surface area contributed by atoms with Crippen molar-refractivity contribution in [3.05, 3.63) is 173 Å². The monoisotopic (exact) mass is 620 g/mol. The molecular formula is C40H32N2O5. The number of benzene rings is 6. The van der Waals surface area contributed by atoms with Crippen LogP contribution >= 0.6 is 0 Å². The van der Waals surface area contributed by atoms with Crippen molar-refractivity contribution in [3.63, 3.8) is 0 Å². The van der Waals surface area contributed by atoms with Gasteiger partial charge in [-0.15, -0.1) is 0 Å². The first-order valence-corrected chi connectivity index (χ1v) is 15.1. The van der Waals surface area contributed by atoms with Gasteiger partial charge >= 0.3 is 5.97 Å². The number of carbonyl (C=O) groups excluding carboxylic acids is 1. The number of nitrogens with one attached hydrogen (secondary N) is 2. The summed E-state index contributed by atoms with van der Waals surface area (Å²) in [5.74, 6) is -1.65. The molecule has 0 spiro atoms. The fraction of sp³-hybridized carbons (Fsp3) is 0.0500. The lowest BCUT2D eigenvalue weighted by Crippen LogP contribution is -2.16. The Kier molecular flexibility index (Phi) is 9.48. The third kappa shape index (κ3) is 7.62. The summed E-state index contributed by atoms with van der Waals surface area (Å²) in [6.45, 7) is 0.0622. The normalized spacial score (nSPS) is 10.7. The maximum absolute atomic E-state index is 13.2. The smallest absolute Gasteiger partial charge is 0.336 e. The molecule has 7 heteroatoms. The molecule has 6 aromatic rings. The van der Waals surface area contributed by atoms with Crippen LogP contribution in [0.4, 0.5) is 17.1 Å². The molecule has 0 saturated heterocycles. The molecule has 0 aliphatic carbocycles. The van der Waals surface area contributed by atoms with Gasteiger partial charge in [0.2, 0.25) is 0 Å². The van der Waals surface area contributed by atoms with E-state index in [-0.39, 0.29) is 17.7 Å². The van der Waals surface area contributed by atoms with E-state index in [1.165, 1.54) is 6.07 Å². The highest BCUT2D eigenvalue weighted by atomic mass is 17.1. The van der Waals surface area contributed by atoms with E-state index in [2.05, 4.69) is 39.8 Å². The maximum Gasteiger partial charge on any atom is 0.336 e. The Morgan fingerprint density at radius 3 is 1.70 bits per heavy atom. The largest absolute Gasteiger partial charge is 0.478 e. The summed E-state index contributed by atoms with van der Waals surface area (Å²) in [5, 5.41) is 25.1. The van der Waals surface area contributed by atoms with Crippen LogP contribution in [0.3, 0.4) is 0 Å². The van der Waals surface area contributed by atoms with Crippen LogP contribution in [0, 0.1) is 0 Å². The summed E-state index contributed by atoms with van der Waals surface area (Å²) in [4.78, 5) is 29.5. The van der Waals surface area contributed by atoms with E-state index >= 15 is 0 Å².